The van der Waals surface area contributed by atoms with Gasteiger partial charge in [-0.05, 0) is 74.1 Å². The number of rotatable bonds is 7. The van der Waals surface area contributed by atoms with Gasteiger partial charge in [-0.3, -0.25) is 9.59 Å². The number of alkyl halides is 20. The summed E-state index contributed by atoms with van der Waals surface area (Å²) >= 11 is 0. The second kappa shape index (κ2) is 15.7. The first-order valence-corrected chi connectivity index (χ1v) is 18.5. The van der Waals surface area contributed by atoms with Gasteiger partial charge in [0.1, 0.15) is 0 Å². The number of ether oxygens (including phenoxy) is 4. The maximum absolute atomic E-state index is 15.4. The molecule has 3 rings (SSSR count). The number of carbonyl (C=O) groups excluding carboxylic acids is 2. The van der Waals surface area contributed by atoms with Crippen LogP contribution in [0.4, 0.5) is 87.8 Å². The molecular formula is C35H44F20O8. The monoisotopic (exact) mass is 972 g/mol. The van der Waals surface area contributed by atoms with Crippen molar-refractivity contribution in [2.24, 2.45) is 16.7 Å². The predicted octanol–water partition coefficient (Wildman–Crippen LogP) is 10.8. The summed E-state index contributed by atoms with van der Waals surface area (Å²) < 4.78 is 301. The Morgan fingerprint density at radius 2 is 0.841 bits per heavy atom. The van der Waals surface area contributed by atoms with Crippen LogP contribution in [0, 0.1) is 16.7 Å². The molecule has 0 aromatic carbocycles. The van der Waals surface area contributed by atoms with Gasteiger partial charge in [0.25, 0.3) is 0 Å². The molecule has 0 aromatic rings. The Kier molecular flexibility index (Phi) is 14.1. The molecule has 28 heteroatoms. The molecule has 1 aliphatic carbocycles. The SMILES string of the molecule is CCC(C)(C)C(=O)OC1(C(F)(F)F)OC(C)(C(F)(F)F)C(F)(F)C(C)(O)C1(F)F.CCC(C)(C)C(=O)OC1(C(F)(F)F)OC(C2CCCCC2)(C(F)(F)F)C(F)(F)C(C)(O)C1(F)F. The van der Waals surface area contributed by atoms with Crippen molar-refractivity contribution < 1.29 is 127 Å². The fourth-order valence-electron chi connectivity index (χ4n) is 6.77. The van der Waals surface area contributed by atoms with Crippen LogP contribution in [0.2, 0.25) is 0 Å². The summed E-state index contributed by atoms with van der Waals surface area (Å²) in [4.78, 5) is 24.5. The molecule has 6 atom stereocenters. The standard InChI is InChI=1S/C20H26F10O4.C15H18F10O4/c1-5-13(2,3)12(31)33-18(20(28,29)30)17(23,24)14(4,32)16(21,22)15(34-18,19(25,26)27)11-9-7-6-8-10-11;1-6-8(2,3)7(26)28-13(15(23,24)25)12(18,19)9(4,27)11(16,17)10(5,29-13)14(20,21)22/h11,32H,5-10H2,1-4H3;27H,6H2,1-5H3. The van der Waals surface area contributed by atoms with Gasteiger partial charge in [0.05, 0.1) is 10.8 Å². The van der Waals surface area contributed by atoms with E-state index in [2.05, 4.69) is 18.9 Å². The number of hydrogen-bond acceptors (Lipinski definition) is 8. The van der Waals surface area contributed by atoms with Gasteiger partial charge in [-0.15, -0.1) is 0 Å². The highest BCUT2D eigenvalue weighted by molar-refractivity contribution is 5.77. The van der Waals surface area contributed by atoms with Crippen molar-refractivity contribution in [1.29, 1.82) is 0 Å². The summed E-state index contributed by atoms with van der Waals surface area (Å²) in [6.45, 7) is 4.36. The maximum atomic E-state index is 15.4. The summed E-state index contributed by atoms with van der Waals surface area (Å²) in [6, 6.07) is 0. The van der Waals surface area contributed by atoms with Crippen LogP contribution in [0.5, 0.6) is 0 Å². The van der Waals surface area contributed by atoms with E-state index in [0.717, 1.165) is 27.7 Å². The van der Waals surface area contributed by atoms with E-state index in [-0.39, 0.29) is 32.1 Å². The average Bonchev–Trinajstić information content (AvgIpc) is 3.09. The lowest BCUT2D eigenvalue weighted by atomic mass is 9.64. The van der Waals surface area contributed by atoms with E-state index in [9.17, 15) is 90.0 Å². The molecule has 1 saturated carbocycles. The molecule has 0 amide bonds. The van der Waals surface area contributed by atoms with Gasteiger partial charge in [0.15, 0.2) is 11.2 Å². The average molecular weight is 973 g/mol. The Hall–Kier alpha value is -2.62. The lowest BCUT2D eigenvalue weighted by molar-refractivity contribution is -0.562. The van der Waals surface area contributed by atoms with E-state index in [4.69, 9.17) is 0 Å². The highest BCUT2D eigenvalue weighted by Gasteiger charge is 2.98. The lowest BCUT2D eigenvalue weighted by Gasteiger charge is -2.61. The Balaban J connectivity index is 0.000000439. The predicted molar refractivity (Wildman–Crippen MR) is 171 cm³/mol. The first-order chi connectivity index (χ1) is 27.4. The fraction of sp³-hybridized carbons (Fsp3) is 0.943. The second-order valence-corrected chi connectivity index (χ2v) is 17.2. The summed E-state index contributed by atoms with van der Waals surface area (Å²) in [5.74, 6) is -42.8. The third-order valence-electron chi connectivity index (χ3n) is 12.2. The summed E-state index contributed by atoms with van der Waals surface area (Å²) in [5, 5.41) is 19.8. The van der Waals surface area contributed by atoms with Crippen molar-refractivity contribution in [3.05, 3.63) is 0 Å². The topological polar surface area (TPSA) is 112 Å². The molecule has 8 nitrogen and oxygen atoms in total. The van der Waals surface area contributed by atoms with E-state index < -0.39 is 145 Å². The first-order valence-electron chi connectivity index (χ1n) is 18.5. The van der Waals surface area contributed by atoms with Crippen LogP contribution in [0.25, 0.3) is 0 Å². The van der Waals surface area contributed by atoms with E-state index >= 15 is 17.6 Å². The molecule has 2 heterocycles. The summed E-state index contributed by atoms with van der Waals surface area (Å²) in [5.41, 5.74) is -25.0. The van der Waals surface area contributed by atoms with Crippen LogP contribution in [0.15, 0.2) is 0 Å². The van der Waals surface area contributed by atoms with Crippen LogP contribution >= 0.6 is 0 Å². The van der Waals surface area contributed by atoms with Crippen molar-refractivity contribution in [3.63, 3.8) is 0 Å². The van der Waals surface area contributed by atoms with Crippen molar-refractivity contribution in [2.45, 2.75) is 190 Å². The zero-order chi connectivity index (χ0) is 50.5. The van der Waals surface area contributed by atoms with Crippen LogP contribution in [0.1, 0.15) is 107 Å². The lowest BCUT2D eigenvalue weighted by Crippen LogP contribution is -2.88. The minimum Gasteiger partial charge on any atom is -0.417 e. The maximum Gasteiger partial charge on any atom is 0.462 e. The van der Waals surface area contributed by atoms with Crippen molar-refractivity contribution >= 4 is 11.9 Å². The number of hydrogen-bond donors (Lipinski definition) is 2. The molecule has 2 saturated heterocycles. The Morgan fingerprint density at radius 3 is 1.13 bits per heavy atom. The van der Waals surface area contributed by atoms with E-state index in [1.54, 1.807) is 0 Å². The third-order valence-corrected chi connectivity index (χ3v) is 12.2. The summed E-state index contributed by atoms with van der Waals surface area (Å²) in [6.07, 6.45) is -28.3. The Morgan fingerprint density at radius 1 is 0.524 bits per heavy atom. The molecule has 3 fully saturated rings. The molecule has 372 valence electrons. The molecule has 6 unspecified atom stereocenters. The van der Waals surface area contributed by atoms with E-state index in [0.29, 0.717) is 0 Å². The van der Waals surface area contributed by atoms with Gasteiger partial charge in [-0.1, -0.05) is 33.1 Å². The minimum absolute atomic E-state index is 0.137. The number of halogens is 20. The Bertz CT molecular complexity index is 1690. The highest BCUT2D eigenvalue weighted by Crippen LogP contribution is 2.70. The third kappa shape index (κ3) is 7.70. The molecule has 0 spiro atoms. The Labute approximate surface area is 345 Å². The number of aliphatic hydroxyl groups is 2. The zero-order valence-electron chi connectivity index (χ0n) is 34.4. The quantitative estimate of drug-likeness (QED) is 0.192. The molecule has 2 aliphatic heterocycles. The molecule has 2 N–H and O–H groups in total. The van der Waals surface area contributed by atoms with Gasteiger partial charge in [0, 0.05) is 5.92 Å². The van der Waals surface area contributed by atoms with Crippen LogP contribution in [0.3, 0.4) is 0 Å². The molecule has 0 bridgehead atoms. The van der Waals surface area contributed by atoms with E-state index in [1.165, 1.54) is 13.8 Å². The highest BCUT2D eigenvalue weighted by atomic mass is 19.4. The number of carbonyl (C=O) groups is 2. The molecule has 3 aliphatic rings. The number of esters is 2. The summed E-state index contributed by atoms with van der Waals surface area (Å²) in [7, 11) is 0. The molecule has 63 heavy (non-hydrogen) atoms. The van der Waals surface area contributed by atoms with E-state index in [1.807, 2.05) is 0 Å². The largest absolute Gasteiger partial charge is 0.462 e. The fourth-order valence-corrected chi connectivity index (χ4v) is 6.77. The smallest absolute Gasteiger partial charge is 0.417 e. The van der Waals surface area contributed by atoms with Crippen LogP contribution < -0.4 is 0 Å². The van der Waals surface area contributed by atoms with Gasteiger partial charge in [0.2, 0.25) is 11.2 Å². The molecular weight excluding hydrogens is 928 g/mol. The normalized spacial score (nSPS) is 35.2. The van der Waals surface area contributed by atoms with Gasteiger partial charge >= 0.3 is 71.9 Å². The van der Waals surface area contributed by atoms with Gasteiger partial charge in [-0.25, -0.2) is 0 Å². The van der Waals surface area contributed by atoms with Crippen molar-refractivity contribution in [1.82, 2.24) is 0 Å². The first kappa shape index (κ1) is 56.5. The second-order valence-electron chi connectivity index (χ2n) is 17.2. The van der Waals surface area contributed by atoms with Crippen LogP contribution in [-0.2, 0) is 28.5 Å². The minimum atomic E-state index is -6.67. The zero-order valence-corrected chi connectivity index (χ0v) is 34.4. The molecule has 0 aromatic heterocycles. The van der Waals surface area contributed by atoms with Crippen molar-refractivity contribution in [2.75, 3.05) is 0 Å². The van der Waals surface area contributed by atoms with Gasteiger partial charge < -0.3 is 29.2 Å². The molecule has 0 radical (unpaired) electrons. The van der Waals surface area contributed by atoms with Crippen molar-refractivity contribution in [3.8, 4) is 0 Å². The van der Waals surface area contributed by atoms with Gasteiger partial charge in [-0.2, -0.15) is 87.8 Å². The van der Waals surface area contributed by atoms with Crippen LogP contribution in [-0.4, -0.2) is 105 Å².